The fourth-order valence-corrected chi connectivity index (χ4v) is 2.59. The first-order valence-electron chi connectivity index (χ1n) is 7.01. The molecule has 0 aromatic heterocycles. The van der Waals surface area contributed by atoms with Crippen molar-refractivity contribution in [3.8, 4) is 0 Å². The lowest BCUT2D eigenvalue weighted by atomic mass is 10.1. The summed E-state index contributed by atoms with van der Waals surface area (Å²) >= 11 is 8.77. The van der Waals surface area contributed by atoms with E-state index >= 15 is 0 Å². The van der Waals surface area contributed by atoms with E-state index < -0.39 is 0 Å². The third-order valence-corrected chi connectivity index (χ3v) is 3.75. The lowest BCUT2D eigenvalue weighted by Gasteiger charge is -2.11. The minimum atomic E-state index is 0.642. The maximum absolute atomic E-state index is 5.29. The molecule has 2 N–H and O–H groups in total. The molecule has 5 heteroatoms. The fourth-order valence-electron chi connectivity index (χ4n) is 1.99. The van der Waals surface area contributed by atoms with Crippen LogP contribution < -0.4 is 10.6 Å². The van der Waals surface area contributed by atoms with Crippen LogP contribution in [0, 0.1) is 0 Å². The van der Waals surface area contributed by atoms with Crippen LogP contribution in [0.1, 0.15) is 13.3 Å². The molecule has 0 saturated carbocycles. The molecular formula is C16H19BrN2OS. The van der Waals surface area contributed by atoms with Crippen LogP contribution in [0.5, 0.6) is 0 Å². The Morgan fingerprint density at radius 3 is 2.76 bits per heavy atom. The highest BCUT2D eigenvalue weighted by atomic mass is 79.9. The Labute approximate surface area is 139 Å². The minimum absolute atomic E-state index is 0.642. The van der Waals surface area contributed by atoms with Gasteiger partial charge in [0.25, 0.3) is 0 Å². The molecule has 0 atom stereocenters. The molecule has 3 nitrogen and oxygen atoms in total. The number of fused-ring (bicyclic) bond motifs is 1. The molecule has 2 aromatic carbocycles. The summed E-state index contributed by atoms with van der Waals surface area (Å²) in [7, 11) is 0. The molecule has 0 aliphatic heterocycles. The molecule has 0 aliphatic rings. The summed E-state index contributed by atoms with van der Waals surface area (Å²) in [6.45, 7) is 4.33. The van der Waals surface area contributed by atoms with E-state index in [0.29, 0.717) is 5.11 Å². The van der Waals surface area contributed by atoms with Gasteiger partial charge in [-0.25, -0.2) is 0 Å². The summed E-state index contributed by atoms with van der Waals surface area (Å²) in [5, 5.41) is 9.41. The fraction of sp³-hybridized carbons (Fsp3) is 0.312. The molecule has 0 unspecified atom stereocenters. The number of ether oxygens (including phenoxy) is 1. The normalized spacial score (nSPS) is 10.6. The summed E-state index contributed by atoms with van der Waals surface area (Å²) in [6, 6.07) is 12.4. The Bertz CT molecular complexity index is 618. The SMILES string of the molecule is CCOCCCNC(=S)Nc1ccc2cc(Br)ccc2c1. The zero-order valence-corrected chi connectivity index (χ0v) is 14.4. The van der Waals surface area contributed by atoms with E-state index in [4.69, 9.17) is 17.0 Å². The van der Waals surface area contributed by atoms with Crippen molar-refractivity contribution in [1.29, 1.82) is 0 Å². The van der Waals surface area contributed by atoms with Crippen molar-refractivity contribution < 1.29 is 4.74 Å². The Morgan fingerprint density at radius 2 is 1.95 bits per heavy atom. The van der Waals surface area contributed by atoms with Gasteiger partial charge < -0.3 is 15.4 Å². The predicted octanol–water partition coefficient (Wildman–Crippen LogP) is 4.32. The van der Waals surface area contributed by atoms with E-state index in [2.05, 4.69) is 50.8 Å². The number of anilines is 1. The molecule has 0 aliphatic carbocycles. The topological polar surface area (TPSA) is 33.3 Å². The highest BCUT2D eigenvalue weighted by molar-refractivity contribution is 9.10. The van der Waals surface area contributed by atoms with E-state index in [1.807, 2.05) is 19.1 Å². The van der Waals surface area contributed by atoms with Crippen molar-refractivity contribution in [2.45, 2.75) is 13.3 Å². The Kier molecular flexibility index (Phi) is 6.42. The Morgan fingerprint density at radius 1 is 1.19 bits per heavy atom. The number of thiocarbonyl (C=S) groups is 1. The standard InChI is InChI=1S/C16H19BrN2OS/c1-2-20-9-3-8-18-16(21)19-15-7-5-12-10-14(17)6-4-13(12)11-15/h4-7,10-11H,2-3,8-9H2,1H3,(H2,18,19,21). The molecular weight excluding hydrogens is 348 g/mol. The van der Waals surface area contributed by atoms with Crippen LogP contribution >= 0.6 is 28.1 Å². The van der Waals surface area contributed by atoms with E-state index in [1.165, 1.54) is 10.8 Å². The van der Waals surface area contributed by atoms with Crippen LogP contribution in [-0.2, 0) is 4.74 Å². The van der Waals surface area contributed by atoms with Gasteiger partial charge in [0.2, 0.25) is 0 Å². The lowest BCUT2D eigenvalue weighted by Crippen LogP contribution is -2.29. The smallest absolute Gasteiger partial charge is 0.170 e. The van der Waals surface area contributed by atoms with Crippen molar-refractivity contribution in [1.82, 2.24) is 5.32 Å². The zero-order chi connectivity index (χ0) is 15.1. The van der Waals surface area contributed by atoms with Crippen molar-refractivity contribution in [2.75, 3.05) is 25.1 Å². The first kappa shape index (κ1) is 16.2. The maximum atomic E-state index is 5.29. The van der Waals surface area contributed by atoms with E-state index in [-0.39, 0.29) is 0 Å². The van der Waals surface area contributed by atoms with Crippen LogP contribution in [0.25, 0.3) is 10.8 Å². The number of hydrogen-bond acceptors (Lipinski definition) is 2. The molecule has 0 fully saturated rings. The molecule has 0 bridgehead atoms. The molecule has 2 rings (SSSR count). The molecule has 0 radical (unpaired) electrons. The summed E-state index contributed by atoms with van der Waals surface area (Å²) < 4.78 is 6.37. The average Bonchev–Trinajstić information content (AvgIpc) is 2.47. The van der Waals surface area contributed by atoms with Crippen LogP contribution in [0.3, 0.4) is 0 Å². The monoisotopic (exact) mass is 366 g/mol. The van der Waals surface area contributed by atoms with Gasteiger partial charge in [-0.1, -0.05) is 28.1 Å². The van der Waals surface area contributed by atoms with E-state index in [0.717, 1.165) is 36.3 Å². The van der Waals surface area contributed by atoms with Crippen LogP contribution in [0.15, 0.2) is 40.9 Å². The van der Waals surface area contributed by atoms with Gasteiger partial charge in [-0.2, -0.15) is 0 Å². The van der Waals surface area contributed by atoms with Gasteiger partial charge in [0.15, 0.2) is 5.11 Å². The summed E-state index contributed by atoms with van der Waals surface area (Å²) in [5.41, 5.74) is 0.993. The number of hydrogen-bond donors (Lipinski definition) is 2. The highest BCUT2D eigenvalue weighted by Gasteiger charge is 2.00. The predicted molar refractivity (Wildman–Crippen MR) is 97.0 cm³/mol. The van der Waals surface area contributed by atoms with E-state index in [9.17, 15) is 0 Å². The van der Waals surface area contributed by atoms with Gasteiger partial charge in [0, 0.05) is 29.9 Å². The van der Waals surface area contributed by atoms with Crippen molar-refractivity contribution in [2.24, 2.45) is 0 Å². The third-order valence-electron chi connectivity index (χ3n) is 3.02. The largest absolute Gasteiger partial charge is 0.382 e. The minimum Gasteiger partial charge on any atom is -0.382 e. The van der Waals surface area contributed by atoms with Gasteiger partial charge in [-0.15, -0.1) is 0 Å². The van der Waals surface area contributed by atoms with Crippen LogP contribution in [0.4, 0.5) is 5.69 Å². The van der Waals surface area contributed by atoms with Crippen molar-refractivity contribution in [3.05, 3.63) is 40.9 Å². The van der Waals surface area contributed by atoms with Crippen LogP contribution in [0.2, 0.25) is 0 Å². The summed E-state index contributed by atoms with van der Waals surface area (Å²) in [6.07, 6.45) is 0.946. The number of nitrogens with one attached hydrogen (secondary N) is 2. The first-order chi connectivity index (χ1) is 10.2. The van der Waals surface area contributed by atoms with Gasteiger partial charge in [0.1, 0.15) is 0 Å². The Hall–Kier alpha value is -1.17. The third kappa shape index (κ3) is 5.26. The molecule has 21 heavy (non-hydrogen) atoms. The second-order valence-electron chi connectivity index (χ2n) is 4.64. The molecule has 0 saturated heterocycles. The van der Waals surface area contributed by atoms with Crippen LogP contribution in [-0.4, -0.2) is 24.9 Å². The van der Waals surface area contributed by atoms with Crippen molar-refractivity contribution >= 4 is 49.7 Å². The second-order valence-corrected chi connectivity index (χ2v) is 5.96. The molecule has 0 spiro atoms. The maximum Gasteiger partial charge on any atom is 0.170 e. The summed E-state index contributed by atoms with van der Waals surface area (Å²) in [5.74, 6) is 0. The Balaban J connectivity index is 1.87. The molecule has 0 heterocycles. The first-order valence-corrected chi connectivity index (χ1v) is 8.21. The van der Waals surface area contributed by atoms with Gasteiger partial charge in [-0.3, -0.25) is 0 Å². The van der Waals surface area contributed by atoms with Gasteiger partial charge >= 0.3 is 0 Å². The lowest BCUT2D eigenvalue weighted by molar-refractivity contribution is 0.146. The van der Waals surface area contributed by atoms with Crippen molar-refractivity contribution in [3.63, 3.8) is 0 Å². The average molecular weight is 367 g/mol. The number of benzene rings is 2. The van der Waals surface area contributed by atoms with E-state index in [1.54, 1.807) is 0 Å². The zero-order valence-electron chi connectivity index (χ0n) is 12.0. The van der Waals surface area contributed by atoms with Gasteiger partial charge in [0.05, 0.1) is 0 Å². The number of rotatable bonds is 6. The molecule has 112 valence electrons. The summed E-state index contributed by atoms with van der Waals surface area (Å²) in [4.78, 5) is 0. The molecule has 2 aromatic rings. The quantitative estimate of drug-likeness (QED) is 0.589. The highest BCUT2D eigenvalue weighted by Crippen LogP contribution is 2.22. The second kappa shape index (κ2) is 8.32. The molecule has 0 amide bonds. The van der Waals surface area contributed by atoms with Gasteiger partial charge in [-0.05, 0) is 60.6 Å². The number of halogens is 1.